The van der Waals surface area contributed by atoms with Crippen molar-refractivity contribution in [2.75, 3.05) is 19.8 Å². The van der Waals surface area contributed by atoms with Crippen molar-refractivity contribution in [3.63, 3.8) is 0 Å². The highest BCUT2D eigenvalue weighted by Crippen LogP contribution is 2.52. The number of ether oxygens (including phenoxy) is 3. The van der Waals surface area contributed by atoms with Gasteiger partial charge in [-0.3, -0.25) is 0 Å². The van der Waals surface area contributed by atoms with Crippen LogP contribution in [0, 0.1) is 22.3 Å². The Morgan fingerprint density at radius 3 is 2.00 bits per heavy atom. The summed E-state index contributed by atoms with van der Waals surface area (Å²) in [6.07, 6.45) is 0. The molecule has 4 rings (SSSR count). The van der Waals surface area contributed by atoms with Gasteiger partial charge in [-0.05, 0) is 17.5 Å². The Morgan fingerprint density at radius 2 is 1.50 bits per heavy atom. The van der Waals surface area contributed by atoms with E-state index in [1.165, 1.54) is 0 Å². The molecule has 0 saturated carbocycles. The fourth-order valence-corrected chi connectivity index (χ4v) is 3.46. The van der Waals surface area contributed by atoms with E-state index in [0.29, 0.717) is 19.8 Å². The summed E-state index contributed by atoms with van der Waals surface area (Å²) >= 11 is 0. The molecule has 3 aliphatic rings. The second-order valence-corrected chi connectivity index (χ2v) is 13.7. The van der Waals surface area contributed by atoms with Crippen LogP contribution >= 0.6 is 0 Å². The first-order valence-corrected chi connectivity index (χ1v) is 12.1. The molecule has 3 heterocycles. The molecule has 130 valence electrons. The van der Waals surface area contributed by atoms with E-state index in [1.807, 2.05) is 24.3 Å². The summed E-state index contributed by atoms with van der Waals surface area (Å²) in [5.41, 5.74) is 5.22. The molecule has 0 aliphatic carbocycles. The van der Waals surface area contributed by atoms with E-state index in [4.69, 9.17) is 14.2 Å². The predicted octanol–water partition coefficient (Wildman–Crippen LogP) is 4.14. The summed E-state index contributed by atoms with van der Waals surface area (Å²) in [6.45, 7) is 15.3. The van der Waals surface area contributed by atoms with Crippen LogP contribution in [0.25, 0.3) is 0 Å². The molecule has 0 spiro atoms. The molecule has 0 N–H and O–H groups in total. The quantitative estimate of drug-likeness (QED) is 0.566. The van der Waals surface area contributed by atoms with Crippen molar-refractivity contribution in [3.8, 4) is 11.5 Å². The first-order chi connectivity index (χ1) is 11.1. The largest absolute Gasteiger partial charge is 0.323 e. The van der Waals surface area contributed by atoms with Crippen molar-refractivity contribution in [1.82, 2.24) is 0 Å². The van der Waals surface area contributed by atoms with E-state index in [1.54, 1.807) is 0 Å². The lowest BCUT2D eigenvalue weighted by molar-refractivity contribution is -0.489. The fraction of sp³-hybridized carbons (Fsp3) is 0.600. The molecule has 0 aromatic heterocycles. The van der Waals surface area contributed by atoms with Gasteiger partial charge in [0.25, 0.3) is 0 Å². The Balaban J connectivity index is 1.94. The number of fused-ring (bicyclic) bond motifs is 3. The summed E-state index contributed by atoms with van der Waals surface area (Å²) in [7, 11) is -1.46. The fourth-order valence-electron chi connectivity index (χ4n) is 2.95. The van der Waals surface area contributed by atoms with Crippen LogP contribution in [0.1, 0.15) is 31.9 Å². The maximum Gasteiger partial charge on any atom is 0.313 e. The minimum Gasteiger partial charge on any atom is -0.323 e. The minimum absolute atomic E-state index is 0.0662. The van der Waals surface area contributed by atoms with Crippen LogP contribution in [0.2, 0.25) is 19.6 Å². The first kappa shape index (κ1) is 17.7. The van der Waals surface area contributed by atoms with Crippen LogP contribution in [0.15, 0.2) is 24.3 Å². The molecule has 0 radical (unpaired) electrons. The lowest BCUT2D eigenvalue weighted by Gasteiger charge is -2.56. The van der Waals surface area contributed by atoms with Gasteiger partial charge in [-0.25, -0.2) is 0 Å². The highest BCUT2D eigenvalue weighted by atomic mass is 28.3. The van der Waals surface area contributed by atoms with Gasteiger partial charge in [0, 0.05) is 11.0 Å². The van der Waals surface area contributed by atoms with Crippen molar-refractivity contribution in [3.05, 3.63) is 35.4 Å². The third-order valence-corrected chi connectivity index (χ3v) is 5.91. The van der Waals surface area contributed by atoms with Crippen LogP contribution in [-0.2, 0) is 20.2 Å². The van der Waals surface area contributed by atoms with Crippen LogP contribution in [-0.4, -0.2) is 27.9 Å². The average Bonchev–Trinajstić information content (AvgIpc) is 2.53. The third-order valence-electron chi connectivity index (χ3n) is 5.04. The molecule has 3 fully saturated rings. The second-order valence-electron chi connectivity index (χ2n) is 9.00. The van der Waals surface area contributed by atoms with Crippen LogP contribution in [0.4, 0.5) is 0 Å². The van der Waals surface area contributed by atoms with Crippen LogP contribution in [0.3, 0.4) is 0 Å². The first-order valence-electron chi connectivity index (χ1n) is 8.62. The zero-order valence-electron chi connectivity index (χ0n) is 15.7. The van der Waals surface area contributed by atoms with Crippen molar-refractivity contribution >= 4 is 8.07 Å². The number of rotatable bonds is 1. The lowest BCUT2D eigenvalue weighted by atomic mass is 9.67. The zero-order chi connectivity index (χ0) is 17.6. The van der Waals surface area contributed by atoms with Crippen molar-refractivity contribution in [2.24, 2.45) is 10.8 Å². The maximum atomic E-state index is 6.15. The van der Waals surface area contributed by atoms with Gasteiger partial charge in [0.2, 0.25) is 0 Å². The second kappa shape index (κ2) is 5.71. The normalized spacial score (nSPS) is 29.9. The molecule has 3 nitrogen and oxygen atoms in total. The highest BCUT2D eigenvalue weighted by Gasteiger charge is 2.58. The smallest absolute Gasteiger partial charge is 0.313 e. The van der Waals surface area contributed by atoms with Gasteiger partial charge in [0.05, 0.1) is 25.4 Å². The Hall–Kier alpha value is -1.12. The standard InChI is InChI=1S/C20H28O3Si/c1-18(2,3)19-13-21-20(22-14-19,23-15-19)17-10-8-7-9-16(17)11-12-24(4,5)6/h7-10H,13-15H2,1-6H3. The van der Waals surface area contributed by atoms with Gasteiger partial charge in [-0.15, -0.1) is 5.54 Å². The van der Waals surface area contributed by atoms with E-state index >= 15 is 0 Å². The molecule has 0 unspecified atom stereocenters. The van der Waals surface area contributed by atoms with Gasteiger partial charge < -0.3 is 14.2 Å². The van der Waals surface area contributed by atoms with E-state index in [9.17, 15) is 0 Å². The summed E-state index contributed by atoms with van der Waals surface area (Å²) in [5.74, 6) is 2.24. The van der Waals surface area contributed by atoms with E-state index in [0.717, 1.165) is 11.1 Å². The van der Waals surface area contributed by atoms with Crippen molar-refractivity contribution in [2.45, 2.75) is 46.4 Å². The highest BCUT2D eigenvalue weighted by molar-refractivity contribution is 6.83. The molecular formula is C20H28O3Si. The molecular weight excluding hydrogens is 316 g/mol. The molecule has 1 aromatic carbocycles. The summed E-state index contributed by atoms with van der Waals surface area (Å²) in [6, 6.07) is 8.01. The molecule has 3 saturated heterocycles. The Labute approximate surface area is 146 Å². The van der Waals surface area contributed by atoms with Gasteiger partial charge in [0.1, 0.15) is 8.07 Å². The minimum atomic E-state index is -1.46. The number of hydrogen-bond acceptors (Lipinski definition) is 3. The zero-order valence-corrected chi connectivity index (χ0v) is 16.7. The maximum absolute atomic E-state index is 6.15. The Morgan fingerprint density at radius 1 is 0.958 bits per heavy atom. The van der Waals surface area contributed by atoms with E-state index in [-0.39, 0.29) is 10.8 Å². The lowest BCUT2D eigenvalue weighted by Crippen LogP contribution is -2.62. The number of benzene rings is 1. The van der Waals surface area contributed by atoms with Crippen molar-refractivity contribution < 1.29 is 14.2 Å². The summed E-state index contributed by atoms with van der Waals surface area (Å²) in [5, 5.41) is 0. The topological polar surface area (TPSA) is 27.7 Å². The van der Waals surface area contributed by atoms with Crippen LogP contribution < -0.4 is 0 Å². The molecule has 4 heteroatoms. The van der Waals surface area contributed by atoms with Gasteiger partial charge >= 0.3 is 5.97 Å². The monoisotopic (exact) mass is 344 g/mol. The summed E-state index contributed by atoms with van der Waals surface area (Å²) < 4.78 is 18.5. The predicted molar refractivity (Wildman–Crippen MR) is 98.1 cm³/mol. The van der Waals surface area contributed by atoms with E-state index < -0.39 is 14.0 Å². The summed E-state index contributed by atoms with van der Waals surface area (Å²) in [4.78, 5) is 0. The van der Waals surface area contributed by atoms with Crippen LogP contribution in [0.5, 0.6) is 0 Å². The van der Waals surface area contributed by atoms with Gasteiger partial charge in [-0.1, -0.05) is 58.5 Å². The third kappa shape index (κ3) is 3.06. The van der Waals surface area contributed by atoms with Gasteiger partial charge in [-0.2, -0.15) is 0 Å². The van der Waals surface area contributed by atoms with Crippen molar-refractivity contribution in [1.29, 1.82) is 0 Å². The molecule has 1 aromatic rings. The molecule has 0 atom stereocenters. The SMILES string of the molecule is CC(C)(C)C12COC(c3ccccc3C#C[Si](C)(C)C)(OC1)OC2. The molecule has 0 amide bonds. The molecule has 2 bridgehead atoms. The average molecular weight is 345 g/mol. The number of hydrogen-bond donors (Lipinski definition) is 0. The molecule has 24 heavy (non-hydrogen) atoms. The van der Waals surface area contributed by atoms with E-state index in [2.05, 4.69) is 51.9 Å². The molecule has 3 aliphatic heterocycles. The Kier molecular flexibility index (Phi) is 4.21. The Bertz CT molecular complexity index is 661. The van der Waals surface area contributed by atoms with Gasteiger partial charge in [0.15, 0.2) is 0 Å².